The zero-order chi connectivity index (χ0) is 39.8. The zero-order valence-corrected chi connectivity index (χ0v) is 37.1. The van der Waals surface area contributed by atoms with E-state index < -0.39 is 5.97 Å². The normalized spacial score (nSPS) is 11.7. The average molecular weight is 773 g/mol. The highest BCUT2D eigenvalue weighted by Gasteiger charge is 2.03. The number of aliphatic carboxylic acids is 1. The van der Waals surface area contributed by atoms with Crippen LogP contribution in [0.4, 0.5) is 0 Å². The maximum absolute atomic E-state index is 12.0. The highest BCUT2D eigenvalue weighted by molar-refractivity contribution is 5.69. The van der Waals surface area contributed by atoms with Gasteiger partial charge in [-0.05, 0) is 51.4 Å². The molecule has 0 heterocycles. The summed E-state index contributed by atoms with van der Waals surface area (Å²) in [5.74, 6) is -0.645. The summed E-state index contributed by atoms with van der Waals surface area (Å²) in [6, 6.07) is 0. The van der Waals surface area contributed by atoms with Gasteiger partial charge in [0.1, 0.15) is 0 Å². The van der Waals surface area contributed by atoms with E-state index >= 15 is 0 Å². The van der Waals surface area contributed by atoms with Crippen LogP contribution in [-0.4, -0.2) is 23.7 Å². The number of unbranched alkanes of at least 4 members (excludes halogenated alkanes) is 37. The van der Waals surface area contributed by atoms with Gasteiger partial charge in [0, 0.05) is 12.8 Å². The van der Waals surface area contributed by atoms with Crippen LogP contribution in [0.5, 0.6) is 0 Å². The van der Waals surface area contributed by atoms with Crippen molar-refractivity contribution in [3.8, 4) is 0 Å². The molecule has 324 valence electrons. The van der Waals surface area contributed by atoms with Gasteiger partial charge in [0.15, 0.2) is 0 Å². The van der Waals surface area contributed by atoms with Gasteiger partial charge in [-0.1, -0.05) is 243 Å². The molecule has 0 rings (SSSR count). The molecule has 0 amide bonds. The maximum atomic E-state index is 12.0. The molecule has 55 heavy (non-hydrogen) atoms. The first-order chi connectivity index (χ1) is 27.2. The van der Waals surface area contributed by atoms with Crippen molar-refractivity contribution in [3.63, 3.8) is 0 Å². The van der Waals surface area contributed by atoms with E-state index in [2.05, 4.69) is 31.2 Å². The minimum absolute atomic E-state index is 0.00787. The van der Waals surface area contributed by atoms with Crippen molar-refractivity contribution < 1.29 is 19.4 Å². The van der Waals surface area contributed by atoms with Gasteiger partial charge in [-0.25, -0.2) is 0 Å². The average Bonchev–Trinajstić information content (AvgIpc) is 3.18. The zero-order valence-electron chi connectivity index (χ0n) is 37.1. The molecule has 1 N–H and O–H groups in total. The molecule has 4 nitrogen and oxygen atoms in total. The van der Waals surface area contributed by atoms with Gasteiger partial charge in [0.25, 0.3) is 0 Å². The fraction of sp³-hybridized carbons (Fsp3) is 0.882. The molecule has 0 aromatic rings. The summed E-state index contributed by atoms with van der Waals surface area (Å²) >= 11 is 0. The van der Waals surface area contributed by atoms with Crippen LogP contribution in [0.15, 0.2) is 24.3 Å². The Morgan fingerprint density at radius 3 is 1.00 bits per heavy atom. The van der Waals surface area contributed by atoms with Crippen LogP contribution in [-0.2, 0) is 14.3 Å². The van der Waals surface area contributed by atoms with E-state index in [0.29, 0.717) is 19.4 Å². The molecule has 0 spiro atoms. The minimum Gasteiger partial charge on any atom is -0.481 e. The van der Waals surface area contributed by atoms with Gasteiger partial charge in [-0.3, -0.25) is 9.59 Å². The van der Waals surface area contributed by atoms with Crippen molar-refractivity contribution in [2.45, 2.75) is 283 Å². The molecule has 0 unspecified atom stereocenters. The first kappa shape index (κ1) is 53.4. The fourth-order valence-corrected chi connectivity index (χ4v) is 7.67. The van der Waals surface area contributed by atoms with Gasteiger partial charge in [-0.2, -0.15) is 0 Å². The molecule has 0 aromatic carbocycles. The lowest BCUT2D eigenvalue weighted by atomic mass is 10.0. The molecule has 0 radical (unpaired) electrons. The van der Waals surface area contributed by atoms with Crippen LogP contribution < -0.4 is 0 Å². The molecular weight excluding hydrogens is 677 g/mol. The number of carboxylic acids is 1. The van der Waals surface area contributed by atoms with Crippen molar-refractivity contribution in [3.05, 3.63) is 24.3 Å². The SMILES string of the molecule is CCCCC/C=C\C/C=C\CCCCCCCC(=O)OCCCCCCCCCCCCCCCCCCCCCCCCCCCCCCCCC(=O)O. The topological polar surface area (TPSA) is 63.6 Å². The third-order valence-corrected chi connectivity index (χ3v) is 11.4. The lowest BCUT2D eigenvalue weighted by molar-refractivity contribution is -0.144. The molecule has 0 aliphatic rings. The van der Waals surface area contributed by atoms with E-state index in [1.54, 1.807) is 0 Å². The lowest BCUT2D eigenvalue weighted by Crippen LogP contribution is -2.05. The van der Waals surface area contributed by atoms with Crippen LogP contribution in [0.1, 0.15) is 283 Å². The van der Waals surface area contributed by atoms with E-state index in [1.165, 1.54) is 225 Å². The number of carboxylic acid groups (broad SMARTS) is 1. The number of carbonyl (C=O) groups excluding carboxylic acids is 1. The Kier molecular flexibility index (Phi) is 47.2. The Balaban J connectivity index is 3.17. The van der Waals surface area contributed by atoms with Crippen LogP contribution in [0.3, 0.4) is 0 Å². The van der Waals surface area contributed by atoms with E-state index in [1.807, 2.05) is 0 Å². The first-order valence-corrected chi connectivity index (χ1v) is 24.8. The number of allylic oxidation sites excluding steroid dienone is 4. The van der Waals surface area contributed by atoms with Crippen LogP contribution in [0.25, 0.3) is 0 Å². The predicted octanol–water partition coefficient (Wildman–Crippen LogP) is 17.5. The van der Waals surface area contributed by atoms with Crippen LogP contribution in [0, 0.1) is 0 Å². The summed E-state index contributed by atoms with van der Waals surface area (Å²) in [7, 11) is 0. The standard InChI is InChI=1S/C51H96O4/c1-2-3-4-5-6-7-8-9-26-30-33-36-39-42-45-48-51(54)55-49-46-43-40-37-34-31-28-25-23-21-19-17-15-13-11-10-12-14-16-18-20-22-24-27-29-32-35-38-41-44-47-50(52)53/h6-7,9,26H,2-5,8,10-25,27-49H2,1H3,(H,52,53)/b7-6-,26-9-. The molecule has 0 saturated carbocycles. The summed E-state index contributed by atoms with van der Waals surface area (Å²) in [6.07, 6.45) is 64.0. The molecule has 0 aromatic heterocycles. The Morgan fingerprint density at radius 2 is 0.655 bits per heavy atom. The Labute approximate surface area is 344 Å². The number of carbonyl (C=O) groups is 2. The third-order valence-electron chi connectivity index (χ3n) is 11.4. The van der Waals surface area contributed by atoms with Gasteiger partial charge < -0.3 is 9.84 Å². The second-order valence-electron chi connectivity index (χ2n) is 17.0. The predicted molar refractivity (Wildman–Crippen MR) is 241 cm³/mol. The Hall–Kier alpha value is -1.58. The number of esters is 1. The van der Waals surface area contributed by atoms with E-state index in [9.17, 15) is 9.59 Å². The lowest BCUT2D eigenvalue weighted by Gasteiger charge is -2.06. The maximum Gasteiger partial charge on any atom is 0.305 e. The highest BCUT2D eigenvalue weighted by atomic mass is 16.5. The van der Waals surface area contributed by atoms with E-state index in [4.69, 9.17) is 9.84 Å². The third kappa shape index (κ3) is 50.4. The number of ether oxygens (including phenoxy) is 1. The molecule has 0 fully saturated rings. The minimum atomic E-state index is -0.653. The summed E-state index contributed by atoms with van der Waals surface area (Å²) in [5.41, 5.74) is 0. The van der Waals surface area contributed by atoms with Gasteiger partial charge in [-0.15, -0.1) is 0 Å². The van der Waals surface area contributed by atoms with Crippen molar-refractivity contribution >= 4 is 11.9 Å². The largest absolute Gasteiger partial charge is 0.481 e. The number of rotatable bonds is 47. The van der Waals surface area contributed by atoms with E-state index in [0.717, 1.165) is 38.5 Å². The van der Waals surface area contributed by atoms with Crippen molar-refractivity contribution in [2.75, 3.05) is 6.61 Å². The van der Waals surface area contributed by atoms with Crippen LogP contribution >= 0.6 is 0 Å². The number of hydrogen-bond donors (Lipinski definition) is 1. The van der Waals surface area contributed by atoms with Gasteiger partial charge in [0.05, 0.1) is 6.61 Å². The van der Waals surface area contributed by atoms with Gasteiger partial charge >= 0.3 is 11.9 Å². The fourth-order valence-electron chi connectivity index (χ4n) is 7.67. The highest BCUT2D eigenvalue weighted by Crippen LogP contribution is 2.17. The molecule has 0 aliphatic carbocycles. The molecule has 0 bridgehead atoms. The van der Waals surface area contributed by atoms with Crippen molar-refractivity contribution in [1.82, 2.24) is 0 Å². The quantitative estimate of drug-likeness (QED) is 0.0380. The Bertz CT molecular complexity index is 818. The first-order valence-electron chi connectivity index (χ1n) is 24.8. The summed E-state index contributed by atoms with van der Waals surface area (Å²) in [6.45, 7) is 2.87. The summed E-state index contributed by atoms with van der Waals surface area (Å²) in [4.78, 5) is 22.5. The second kappa shape index (κ2) is 48.6. The van der Waals surface area contributed by atoms with Crippen molar-refractivity contribution in [1.29, 1.82) is 0 Å². The van der Waals surface area contributed by atoms with Crippen LogP contribution in [0.2, 0.25) is 0 Å². The molecule has 0 saturated heterocycles. The summed E-state index contributed by atoms with van der Waals surface area (Å²) < 4.78 is 5.47. The monoisotopic (exact) mass is 773 g/mol. The molecule has 0 aliphatic heterocycles. The second-order valence-corrected chi connectivity index (χ2v) is 17.0. The van der Waals surface area contributed by atoms with Gasteiger partial charge in [0.2, 0.25) is 0 Å². The molecular formula is C51H96O4. The summed E-state index contributed by atoms with van der Waals surface area (Å²) in [5, 5.41) is 8.66. The smallest absolute Gasteiger partial charge is 0.305 e. The Morgan fingerprint density at radius 1 is 0.364 bits per heavy atom. The number of hydrogen-bond acceptors (Lipinski definition) is 3. The van der Waals surface area contributed by atoms with E-state index in [-0.39, 0.29) is 5.97 Å². The van der Waals surface area contributed by atoms with Crippen molar-refractivity contribution in [2.24, 2.45) is 0 Å². The molecule has 4 heteroatoms. The molecule has 0 atom stereocenters.